The van der Waals surface area contributed by atoms with E-state index in [1.54, 1.807) is 5.01 Å². The molecule has 0 radical (unpaired) electrons. The Labute approximate surface area is 74.0 Å². The second-order valence-electron chi connectivity index (χ2n) is 3.25. The fraction of sp³-hybridized carbons (Fsp3) is 0.400. The largest absolute Gasteiger partial charge is 0.269 e. The van der Waals surface area contributed by atoms with Crippen LogP contribution in [0.1, 0.15) is 18.4 Å². The van der Waals surface area contributed by atoms with Gasteiger partial charge in [0, 0.05) is 13.6 Å². The third-order valence-electron chi connectivity index (χ3n) is 1.93. The monoisotopic (exact) mass is 164 g/mol. The van der Waals surface area contributed by atoms with E-state index in [9.17, 15) is 0 Å². The smallest absolute Gasteiger partial charge is 0.0191 e. The predicted octanol–water partition coefficient (Wildman–Crippen LogP) is 1.60. The van der Waals surface area contributed by atoms with E-state index in [1.165, 1.54) is 5.56 Å². The highest BCUT2D eigenvalue weighted by Gasteiger charge is 2.04. The molecule has 66 valence electrons. The molecule has 2 nitrogen and oxygen atoms in total. The van der Waals surface area contributed by atoms with Gasteiger partial charge in [-0.25, -0.2) is 5.01 Å². The van der Waals surface area contributed by atoms with Gasteiger partial charge in [0.15, 0.2) is 0 Å². The summed E-state index contributed by atoms with van der Waals surface area (Å²) in [5.74, 6) is 6.07. The maximum atomic E-state index is 5.56. The standard InChI is InChI=1S/C10H16N2/c1-9(8-12(2)11)10-6-4-3-5-7-10/h3-7,9H,8,11H2,1-2H3/t9-/m1/s1. The van der Waals surface area contributed by atoms with E-state index in [1.807, 2.05) is 13.1 Å². The second kappa shape index (κ2) is 4.24. The zero-order chi connectivity index (χ0) is 8.97. The second-order valence-corrected chi connectivity index (χ2v) is 3.25. The first-order chi connectivity index (χ1) is 5.70. The molecule has 0 aliphatic carbocycles. The topological polar surface area (TPSA) is 29.3 Å². The molecule has 1 rings (SSSR count). The van der Waals surface area contributed by atoms with Gasteiger partial charge in [-0.05, 0) is 11.5 Å². The van der Waals surface area contributed by atoms with Gasteiger partial charge in [-0.1, -0.05) is 37.3 Å². The van der Waals surface area contributed by atoms with Crippen molar-refractivity contribution < 1.29 is 0 Å². The molecular weight excluding hydrogens is 148 g/mol. The molecule has 12 heavy (non-hydrogen) atoms. The van der Waals surface area contributed by atoms with E-state index >= 15 is 0 Å². The van der Waals surface area contributed by atoms with Crippen molar-refractivity contribution in [2.75, 3.05) is 13.6 Å². The van der Waals surface area contributed by atoms with Crippen LogP contribution in [0, 0.1) is 0 Å². The number of nitrogens with zero attached hydrogens (tertiary/aromatic N) is 1. The Balaban J connectivity index is 2.59. The lowest BCUT2D eigenvalue weighted by atomic mass is 10.0. The Hall–Kier alpha value is -0.860. The van der Waals surface area contributed by atoms with Gasteiger partial charge < -0.3 is 0 Å². The van der Waals surface area contributed by atoms with Crippen LogP contribution in [0.3, 0.4) is 0 Å². The van der Waals surface area contributed by atoms with Gasteiger partial charge in [0.1, 0.15) is 0 Å². The van der Waals surface area contributed by atoms with Crippen molar-refractivity contribution in [3.05, 3.63) is 35.9 Å². The zero-order valence-electron chi connectivity index (χ0n) is 7.70. The van der Waals surface area contributed by atoms with Crippen molar-refractivity contribution >= 4 is 0 Å². The van der Waals surface area contributed by atoms with E-state index in [0.29, 0.717) is 5.92 Å². The predicted molar refractivity (Wildman–Crippen MR) is 51.7 cm³/mol. The number of benzene rings is 1. The third-order valence-corrected chi connectivity index (χ3v) is 1.93. The third kappa shape index (κ3) is 2.64. The van der Waals surface area contributed by atoms with Gasteiger partial charge in [-0.3, -0.25) is 5.84 Å². The SMILES string of the molecule is C[C@H](CN(C)N)c1ccccc1. The molecule has 0 aliphatic rings. The molecule has 2 heteroatoms. The van der Waals surface area contributed by atoms with Gasteiger partial charge in [-0.2, -0.15) is 0 Å². The summed E-state index contributed by atoms with van der Waals surface area (Å²) in [6, 6.07) is 10.4. The van der Waals surface area contributed by atoms with E-state index in [-0.39, 0.29) is 0 Å². The lowest BCUT2D eigenvalue weighted by Crippen LogP contribution is -2.29. The summed E-state index contributed by atoms with van der Waals surface area (Å²) < 4.78 is 0. The van der Waals surface area contributed by atoms with Gasteiger partial charge in [0.2, 0.25) is 0 Å². The summed E-state index contributed by atoms with van der Waals surface area (Å²) in [5.41, 5.74) is 1.34. The number of hydrogen-bond acceptors (Lipinski definition) is 2. The molecule has 0 unspecified atom stereocenters. The van der Waals surface area contributed by atoms with Crippen molar-refractivity contribution in [1.82, 2.24) is 5.01 Å². The molecular formula is C10H16N2. The maximum absolute atomic E-state index is 5.56. The van der Waals surface area contributed by atoms with Crippen molar-refractivity contribution in [3.63, 3.8) is 0 Å². The summed E-state index contributed by atoms with van der Waals surface area (Å²) in [5, 5.41) is 1.72. The Bertz CT molecular complexity index is 219. The van der Waals surface area contributed by atoms with Crippen LogP contribution in [0.25, 0.3) is 0 Å². The van der Waals surface area contributed by atoms with Crippen LogP contribution in [-0.2, 0) is 0 Å². The molecule has 0 bridgehead atoms. The number of hydrogen-bond donors (Lipinski definition) is 1. The zero-order valence-corrected chi connectivity index (χ0v) is 7.70. The van der Waals surface area contributed by atoms with Gasteiger partial charge in [0.25, 0.3) is 0 Å². The summed E-state index contributed by atoms with van der Waals surface area (Å²) in [6.45, 7) is 3.07. The summed E-state index contributed by atoms with van der Waals surface area (Å²) in [4.78, 5) is 0. The first kappa shape index (κ1) is 9.23. The summed E-state index contributed by atoms with van der Waals surface area (Å²) >= 11 is 0. The Morgan fingerprint density at radius 1 is 1.33 bits per heavy atom. The highest BCUT2D eigenvalue weighted by atomic mass is 15.4. The maximum Gasteiger partial charge on any atom is 0.0191 e. The number of hydrazine groups is 1. The van der Waals surface area contributed by atoms with Gasteiger partial charge >= 0.3 is 0 Å². The number of likely N-dealkylation sites (N-methyl/N-ethyl adjacent to an activating group) is 1. The molecule has 1 aromatic rings. The van der Waals surface area contributed by atoms with E-state index < -0.39 is 0 Å². The normalized spacial score (nSPS) is 13.3. The van der Waals surface area contributed by atoms with Crippen molar-refractivity contribution in [3.8, 4) is 0 Å². The van der Waals surface area contributed by atoms with Crippen LogP contribution in [0.15, 0.2) is 30.3 Å². The molecule has 1 atom stereocenters. The van der Waals surface area contributed by atoms with Crippen LogP contribution in [0.2, 0.25) is 0 Å². The minimum Gasteiger partial charge on any atom is -0.269 e. The van der Waals surface area contributed by atoms with Crippen LogP contribution >= 0.6 is 0 Å². The lowest BCUT2D eigenvalue weighted by Gasteiger charge is -2.16. The molecule has 0 heterocycles. The van der Waals surface area contributed by atoms with Gasteiger partial charge in [-0.15, -0.1) is 0 Å². The summed E-state index contributed by atoms with van der Waals surface area (Å²) in [6.07, 6.45) is 0. The van der Waals surface area contributed by atoms with Gasteiger partial charge in [0.05, 0.1) is 0 Å². The Kier molecular flexibility index (Phi) is 3.26. The van der Waals surface area contributed by atoms with Crippen molar-refractivity contribution in [2.45, 2.75) is 12.8 Å². The van der Waals surface area contributed by atoms with Crippen molar-refractivity contribution in [1.29, 1.82) is 0 Å². The van der Waals surface area contributed by atoms with Crippen molar-refractivity contribution in [2.24, 2.45) is 5.84 Å². The number of nitrogens with two attached hydrogens (primary N) is 1. The molecule has 0 spiro atoms. The molecule has 0 fully saturated rings. The average molecular weight is 164 g/mol. The van der Waals surface area contributed by atoms with Crippen LogP contribution in [-0.4, -0.2) is 18.6 Å². The molecule has 0 aromatic heterocycles. The van der Waals surface area contributed by atoms with Crippen LogP contribution in [0.4, 0.5) is 0 Å². The summed E-state index contributed by atoms with van der Waals surface area (Å²) in [7, 11) is 1.89. The highest BCUT2D eigenvalue weighted by molar-refractivity contribution is 5.18. The van der Waals surface area contributed by atoms with E-state index in [0.717, 1.165) is 6.54 Å². The lowest BCUT2D eigenvalue weighted by molar-refractivity contribution is 0.329. The van der Waals surface area contributed by atoms with Crippen LogP contribution < -0.4 is 5.84 Å². The van der Waals surface area contributed by atoms with E-state index in [2.05, 4.69) is 31.2 Å². The minimum atomic E-state index is 0.501. The molecule has 1 aromatic carbocycles. The Morgan fingerprint density at radius 2 is 1.92 bits per heavy atom. The molecule has 0 aliphatic heterocycles. The van der Waals surface area contributed by atoms with E-state index in [4.69, 9.17) is 5.84 Å². The fourth-order valence-electron chi connectivity index (χ4n) is 1.32. The average Bonchev–Trinajstić information content (AvgIpc) is 2.05. The van der Waals surface area contributed by atoms with Crippen LogP contribution in [0.5, 0.6) is 0 Å². The first-order valence-corrected chi connectivity index (χ1v) is 4.21. The quantitative estimate of drug-likeness (QED) is 0.543. The minimum absolute atomic E-state index is 0.501. The Morgan fingerprint density at radius 3 is 2.42 bits per heavy atom. The molecule has 2 N–H and O–H groups in total. The number of rotatable bonds is 3. The first-order valence-electron chi connectivity index (χ1n) is 4.21. The fourth-order valence-corrected chi connectivity index (χ4v) is 1.32. The molecule has 0 amide bonds. The molecule has 0 saturated heterocycles. The highest BCUT2D eigenvalue weighted by Crippen LogP contribution is 2.13. The molecule has 0 saturated carbocycles.